The van der Waals surface area contributed by atoms with E-state index < -0.39 is 29.9 Å². The summed E-state index contributed by atoms with van der Waals surface area (Å²) in [5, 5.41) is 6.65. The number of hydrogen-bond acceptors (Lipinski definition) is 3. The molecule has 1 N–H and O–H groups in total. The number of aromatic nitrogens is 2. The third-order valence-corrected chi connectivity index (χ3v) is 4.19. The Kier molecular flexibility index (Phi) is 5.20. The van der Waals surface area contributed by atoms with Crippen molar-refractivity contribution in [3.05, 3.63) is 47.0 Å². The summed E-state index contributed by atoms with van der Waals surface area (Å²) in [6, 6.07) is 3.54. The molecule has 1 aromatic heterocycles. The lowest BCUT2D eigenvalue weighted by atomic mass is 10.00. The molecule has 1 amide bonds. The molecule has 0 saturated carbocycles. The van der Waals surface area contributed by atoms with Gasteiger partial charge in [-0.15, -0.1) is 0 Å². The van der Waals surface area contributed by atoms with Crippen LogP contribution in [-0.4, -0.2) is 22.3 Å². The first-order chi connectivity index (χ1) is 12.4. The molecule has 1 aliphatic rings. The lowest BCUT2D eigenvalue weighted by Crippen LogP contribution is -2.32. The summed E-state index contributed by atoms with van der Waals surface area (Å²) in [7, 11) is 0. The molecule has 0 aliphatic carbocycles. The molecular weight excluding hydrogens is 347 g/mol. The number of fused-ring (bicyclic) bond motifs is 1. The number of halogens is 3. The van der Waals surface area contributed by atoms with Gasteiger partial charge in [-0.05, 0) is 24.1 Å². The lowest BCUT2D eigenvalue weighted by molar-refractivity contribution is 0.0906. The Labute approximate surface area is 149 Å². The zero-order valence-electron chi connectivity index (χ0n) is 14.5. The number of ether oxygens (including phenoxy) is 1. The van der Waals surface area contributed by atoms with Crippen LogP contribution in [0, 0.1) is 11.7 Å². The number of hydrogen-bond donors (Lipinski definition) is 1. The largest absolute Gasteiger partial charge is 0.493 e. The van der Waals surface area contributed by atoms with Crippen molar-refractivity contribution in [3.63, 3.8) is 0 Å². The van der Waals surface area contributed by atoms with E-state index in [1.807, 2.05) is 13.8 Å². The van der Waals surface area contributed by atoms with Crippen LogP contribution in [0.4, 0.5) is 13.2 Å². The van der Waals surface area contributed by atoms with Crippen molar-refractivity contribution in [2.75, 3.05) is 6.61 Å². The molecule has 0 saturated heterocycles. The molecule has 2 heterocycles. The van der Waals surface area contributed by atoms with Gasteiger partial charge in [0.05, 0.1) is 24.4 Å². The second-order valence-corrected chi connectivity index (χ2v) is 6.67. The fraction of sp³-hybridized carbons (Fsp3) is 0.444. The maximum Gasteiger partial charge on any atom is 0.280 e. The number of carbonyl (C=O) groups excluding carboxylic acids is 1. The Hall–Kier alpha value is -2.51. The summed E-state index contributed by atoms with van der Waals surface area (Å²) >= 11 is 0. The van der Waals surface area contributed by atoms with E-state index in [0.717, 1.165) is 6.20 Å². The van der Waals surface area contributed by atoms with Gasteiger partial charge in [0.15, 0.2) is 0 Å². The van der Waals surface area contributed by atoms with Crippen molar-refractivity contribution in [3.8, 4) is 5.75 Å². The van der Waals surface area contributed by atoms with Crippen LogP contribution >= 0.6 is 0 Å². The number of nitrogens with one attached hydrogen (secondary N) is 1. The molecule has 140 valence electrons. The van der Waals surface area contributed by atoms with Gasteiger partial charge in [-0.1, -0.05) is 13.8 Å². The highest BCUT2D eigenvalue weighted by Crippen LogP contribution is 2.33. The average molecular weight is 367 g/mol. The van der Waals surface area contributed by atoms with Crippen LogP contribution < -0.4 is 10.1 Å². The molecule has 1 atom stereocenters. The highest BCUT2D eigenvalue weighted by Gasteiger charge is 2.29. The summed E-state index contributed by atoms with van der Waals surface area (Å²) in [5.41, 5.74) is -0.0643. The van der Waals surface area contributed by atoms with Gasteiger partial charge < -0.3 is 10.1 Å². The van der Waals surface area contributed by atoms with Crippen LogP contribution in [0.15, 0.2) is 24.4 Å². The van der Waals surface area contributed by atoms with E-state index in [9.17, 15) is 18.0 Å². The van der Waals surface area contributed by atoms with Gasteiger partial charge in [-0.2, -0.15) is 5.10 Å². The highest BCUT2D eigenvalue weighted by molar-refractivity contribution is 5.95. The van der Waals surface area contributed by atoms with Crippen molar-refractivity contribution < 1.29 is 22.7 Å². The molecule has 0 fully saturated rings. The Morgan fingerprint density at radius 3 is 2.88 bits per heavy atom. The summed E-state index contributed by atoms with van der Waals surface area (Å²) < 4.78 is 47.1. The maximum absolute atomic E-state index is 13.5. The zero-order chi connectivity index (χ0) is 18.8. The molecule has 26 heavy (non-hydrogen) atoms. The van der Waals surface area contributed by atoms with E-state index in [4.69, 9.17) is 4.74 Å². The van der Waals surface area contributed by atoms with Gasteiger partial charge in [0.25, 0.3) is 12.3 Å². The van der Waals surface area contributed by atoms with Crippen LogP contribution in [0.25, 0.3) is 0 Å². The van der Waals surface area contributed by atoms with Crippen LogP contribution in [0.3, 0.4) is 0 Å². The highest BCUT2D eigenvalue weighted by atomic mass is 19.3. The number of carbonyl (C=O) groups is 1. The minimum absolute atomic E-state index is 0.105. The van der Waals surface area contributed by atoms with Gasteiger partial charge in [0.2, 0.25) is 0 Å². The Morgan fingerprint density at radius 1 is 1.42 bits per heavy atom. The third kappa shape index (κ3) is 3.68. The smallest absolute Gasteiger partial charge is 0.280 e. The molecule has 0 spiro atoms. The van der Waals surface area contributed by atoms with Gasteiger partial charge in [0.1, 0.15) is 17.3 Å². The predicted octanol–water partition coefficient (Wildman–Crippen LogP) is 3.87. The van der Waals surface area contributed by atoms with Gasteiger partial charge in [-0.3, -0.25) is 9.48 Å². The standard InChI is InChI=1S/C18H20F3N3O2/c1-10(2)9-24-16(17(20)21)13(8-22-24)18(25)23-14-5-6-26-15-4-3-11(19)7-12(14)15/h3-4,7-8,10,14,17H,5-6,9H2,1-2H3,(H,23,25)/t14-/m1/s1. The van der Waals surface area contributed by atoms with E-state index >= 15 is 0 Å². The first kappa shape index (κ1) is 18.3. The first-order valence-electron chi connectivity index (χ1n) is 8.43. The number of alkyl halides is 2. The fourth-order valence-electron chi connectivity index (χ4n) is 3.04. The molecule has 0 unspecified atom stereocenters. The number of benzene rings is 1. The summed E-state index contributed by atoms with van der Waals surface area (Å²) in [6.45, 7) is 4.39. The molecule has 1 aliphatic heterocycles. The Bertz CT molecular complexity index is 805. The molecule has 3 rings (SSSR count). The minimum Gasteiger partial charge on any atom is -0.493 e. The third-order valence-electron chi connectivity index (χ3n) is 4.19. The molecule has 1 aromatic carbocycles. The van der Waals surface area contributed by atoms with Crippen molar-refractivity contribution in [2.24, 2.45) is 5.92 Å². The van der Waals surface area contributed by atoms with E-state index in [1.165, 1.54) is 22.9 Å². The number of rotatable bonds is 5. The van der Waals surface area contributed by atoms with Crippen molar-refractivity contribution >= 4 is 5.91 Å². The van der Waals surface area contributed by atoms with Gasteiger partial charge in [0, 0.05) is 18.5 Å². The van der Waals surface area contributed by atoms with E-state index in [0.29, 0.717) is 24.3 Å². The molecular formula is C18H20F3N3O2. The average Bonchev–Trinajstić information content (AvgIpc) is 2.98. The Morgan fingerprint density at radius 2 is 2.19 bits per heavy atom. The molecule has 2 aromatic rings. The fourth-order valence-corrected chi connectivity index (χ4v) is 3.04. The molecule has 0 bridgehead atoms. The number of nitrogens with zero attached hydrogens (tertiary/aromatic N) is 2. The first-order valence-corrected chi connectivity index (χ1v) is 8.43. The monoisotopic (exact) mass is 367 g/mol. The van der Waals surface area contributed by atoms with Crippen LogP contribution in [0.1, 0.15) is 54.4 Å². The molecule has 0 radical (unpaired) electrons. The summed E-state index contributed by atoms with van der Waals surface area (Å²) in [6.07, 6.45) is -1.24. The molecule has 5 nitrogen and oxygen atoms in total. The van der Waals surface area contributed by atoms with Crippen molar-refractivity contribution in [2.45, 2.75) is 39.3 Å². The maximum atomic E-state index is 13.5. The van der Waals surface area contributed by atoms with E-state index in [-0.39, 0.29) is 18.0 Å². The van der Waals surface area contributed by atoms with Gasteiger partial charge >= 0.3 is 0 Å². The SMILES string of the molecule is CC(C)Cn1ncc(C(=O)N[C@@H]2CCOc3ccc(F)cc32)c1C(F)F. The van der Waals surface area contributed by atoms with Crippen LogP contribution in [0.2, 0.25) is 0 Å². The second-order valence-electron chi connectivity index (χ2n) is 6.67. The van der Waals surface area contributed by atoms with E-state index in [1.54, 1.807) is 0 Å². The van der Waals surface area contributed by atoms with Gasteiger partial charge in [-0.25, -0.2) is 13.2 Å². The quantitative estimate of drug-likeness (QED) is 0.873. The second kappa shape index (κ2) is 7.39. The summed E-state index contributed by atoms with van der Waals surface area (Å²) in [5.74, 6) is -0.523. The molecule has 8 heteroatoms. The summed E-state index contributed by atoms with van der Waals surface area (Å²) in [4.78, 5) is 12.6. The predicted molar refractivity (Wildman–Crippen MR) is 88.7 cm³/mol. The van der Waals surface area contributed by atoms with Crippen molar-refractivity contribution in [1.29, 1.82) is 0 Å². The lowest BCUT2D eigenvalue weighted by Gasteiger charge is -2.26. The normalized spacial score (nSPS) is 16.5. The zero-order valence-corrected chi connectivity index (χ0v) is 14.5. The minimum atomic E-state index is -2.82. The van der Waals surface area contributed by atoms with Crippen molar-refractivity contribution in [1.82, 2.24) is 15.1 Å². The Balaban J connectivity index is 1.86. The van der Waals surface area contributed by atoms with Crippen LogP contribution in [0.5, 0.6) is 5.75 Å². The van der Waals surface area contributed by atoms with E-state index in [2.05, 4.69) is 10.4 Å². The number of amides is 1. The topological polar surface area (TPSA) is 56.2 Å². The van der Waals surface area contributed by atoms with Crippen LogP contribution in [-0.2, 0) is 6.54 Å².